The Morgan fingerprint density at radius 1 is 1.20 bits per heavy atom. The van der Waals surface area contributed by atoms with E-state index in [1.165, 1.54) is 12.1 Å². The summed E-state index contributed by atoms with van der Waals surface area (Å²) in [5, 5.41) is 23.9. The van der Waals surface area contributed by atoms with Gasteiger partial charge in [-0.15, -0.1) is 0 Å². The van der Waals surface area contributed by atoms with Crippen molar-refractivity contribution in [3.05, 3.63) is 57.6 Å². The zero-order chi connectivity index (χ0) is 18.0. The quantitative estimate of drug-likeness (QED) is 0.504. The number of anilines is 2. The van der Waals surface area contributed by atoms with Crippen LogP contribution in [0.1, 0.15) is 28.8 Å². The van der Waals surface area contributed by atoms with Crippen molar-refractivity contribution in [1.82, 2.24) is 0 Å². The summed E-state index contributed by atoms with van der Waals surface area (Å²) in [6.07, 6.45) is 2.01. The lowest BCUT2D eigenvalue weighted by molar-refractivity contribution is -0.384. The number of amides is 1. The fourth-order valence-corrected chi connectivity index (χ4v) is 2.98. The van der Waals surface area contributed by atoms with E-state index in [9.17, 15) is 20.0 Å². The van der Waals surface area contributed by atoms with Crippen LogP contribution < -0.4 is 10.2 Å². The fraction of sp³-hybridized carbons (Fsp3) is 0.278. The summed E-state index contributed by atoms with van der Waals surface area (Å²) in [5.41, 5.74) is 1.76. The zero-order valence-electron chi connectivity index (χ0n) is 13.9. The number of phenolic OH excluding ortho intramolecular Hbond substituents is 1. The van der Waals surface area contributed by atoms with Crippen molar-refractivity contribution in [3.63, 3.8) is 0 Å². The second-order valence-corrected chi connectivity index (χ2v) is 6.13. The minimum absolute atomic E-state index is 0.0449. The van der Waals surface area contributed by atoms with E-state index in [0.29, 0.717) is 5.69 Å². The first-order chi connectivity index (χ1) is 12.0. The Balaban J connectivity index is 1.87. The predicted molar refractivity (Wildman–Crippen MR) is 95.3 cm³/mol. The van der Waals surface area contributed by atoms with E-state index >= 15 is 0 Å². The normalized spacial score (nSPS) is 13.7. The van der Waals surface area contributed by atoms with E-state index in [4.69, 9.17) is 0 Å². The van der Waals surface area contributed by atoms with Crippen LogP contribution in [-0.2, 0) is 0 Å². The molecule has 0 spiro atoms. The highest BCUT2D eigenvalue weighted by atomic mass is 16.6. The van der Waals surface area contributed by atoms with Crippen LogP contribution in [0.5, 0.6) is 5.75 Å². The van der Waals surface area contributed by atoms with Crippen LogP contribution >= 0.6 is 0 Å². The Bertz CT molecular complexity index is 829. The van der Waals surface area contributed by atoms with E-state index in [1.54, 1.807) is 24.3 Å². The van der Waals surface area contributed by atoms with Gasteiger partial charge in [0.2, 0.25) is 0 Å². The molecular formula is C18H19N3O4. The van der Waals surface area contributed by atoms with Crippen LogP contribution in [0.3, 0.4) is 0 Å². The van der Waals surface area contributed by atoms with Crippen LogP contribution in [0.2, 0.25) is 0 Å². The Kier molecular flexibility index (Phi) is 4.56. The molecule has 0 bridgehead atoms. The maximum absolute atomic E-state index is 12.4. The molecule has 2 aromatic rings. The van der Waals surface area contributed by atoms with Gasteiger partial charge in [0.1, 0.15) is 11.4 Å². The lowest BCUT2D eigenvalue weighted by Gasteiger charge is -2.18. The van der Waals surface area contributed by atoms with E-state index in [2.05, 4.69) is 5.32 Å². The summed E-state index contributed by atoms with van der Waals surface area (Å²) in [7, 11) is 0. The third-order valence-electron chi connectivity index (χ3n) is 4.28. The molecule has 1 heterocycles. The molecule has 130 valence electrons. The number of carbonyl (C=O) groups excluding carboxylic acids is 1. The monoisotopic (exact) mass is 341 g/mol. The van der Waals surface area contributed by atoms with Crippen LogP contribution in [-0.4, -0.2) is 29.0 Å². The highest BCUT2D eigenvalue weighted by Gasteiger charge is 2.24. The molecule has 1 saturated heterocycles. The van der Waals surface area contributed by atoms with Gasteiger partial charge in [-0.1, -0.05) is 6.07 Å². The van der Waals surface area contributed by atoms with Gasteiger partial charge in [-0.25, -0.2) is 0 Å². The second-order valence-electron chi connectivity index (χ2n) is 6.13. The molecule has 1 aliphatic heterocycles. The van der Waals surface area contributed by atoms with Gasteiger partial charge >= 0.3 is 0 Å². The van der Waals surface area contributed by atoms with Gasteiger partial charge in [-0.3, -0.25) is 14.9 Å². The molecule has 0 unspecified atom stereocenters. The Morgan fingerprint density at radius 3 is 2.56 bits per heavy atom. The van der Waals surface area contributed by atoms with Crippen molar-refractivity contribution in [3.8, 4) is 5.75 Å². The molecule has 0 atom stereocenters. The summed E-state index contributed by atoms with van der Waals surface area (Å²) in [6.45, 7) is 3.39. The molecule has 3 rings (SSSR count). The number of carbonyl (C=O) groups is 1. The van der Waals surface area contributed by atoms with Gasteiger partial charge in [0.05, 0.1) is 10.6 Å². The molecule has 1 aliphatic rings. The number of hydrogen-bond donors (Lipinski definition) is 2. The van der Waals surface area contributed by atoms with Crippen molar-refractivity contribution in [1.29, 1.82) is 0 Å². The Morgan fingerprint density at radius 2 is 1.92 bits per heavy atom. The topological polar surface area (TPSA) is 95.7 Å². The Hall–Kier alpha value is -3.09. The number of nitrogens with zero attached hydrogens (tertiary/aromatic N) is 2. The van der Waals surface area contributed by atoms with Crippen molar-refractivity contribution in [2.45, 2.75) is 19.8 Å². The maximum Gasteiger partial charge on any atom is 0.293 e. The first-order valence-corrected chi connectivity index (χ1v) is 8.10. The molecule has 2 N–H and O–H groups in total. The number of aromatic hydroxyl groups is 1. The molecule has 7 heteroatoms. The number of nitrogens with one attached hydrogen (secondary N) is 1. The average Bonchev–Trinajstić information content (AvgIpc) is 3.11. The van der Waals surface area contributed by atoms with Crippen LogP contribution in [0.15, 0.2) is 36.4 Å². The van der Waals surface area contributed by atoms with Gasteiger partial charge in [0.15, 0.2) is 0 Å². The van der Waals surface area contributed by atoms with Gasteiger partial charge in [-0.05, 0) is 49.6 Å². The third-order valence-corrected chi connectivity index (χ3v) is 4.28. The summed E-state index contributed by atoms with van der Waals surface area (Å²) >= 11 is 0. The molecular weight excluding hydrogens is 322 g/mol. The van der Waals surface area contributed by atoms with Crippen molar-refractivity contribution >= 4 is 23.0 Å². The highest BCUT2D eigenvalue weighted by Crippen LogP contribution is 2.32. The standard InChI is InChI=1S/C18H19N3O4/c1-12-4-6-14(17(22)10-12)19-18(23)13-5-7-15(16(11-13)21(24)25)20-8-2-3-9-20/h4-7,10-11,22H,2-3,8-9H2,1H3,(H,19,23). The number of aryl methyl sites for hydroxylation is 1. The molecule has 0 aromatic heterocycles. The average molecular weight is 341 g/mol. The number of hydrogen-bond acceptors (Lipinski definition) is 5. The molecule has 25 heavy (non-hydrogen) atoms. The Labute approximate surface area is 145 Å². The minimum atomic E-state index is -0.504. The van der Waals surface area contributed by atoms with Gasteiger partial charge in [-0.2, -0.15) is 0 Å². The van der Waals surface area contributed by atoms with E-state index in [1.807, 2.05) is 11.8 Å². The lowest BCUT2D eigenvalue weighted by Crippen LogP contribution is -2.19. The van der Waals surface area contributed by atoms with Crippen molar-refractivity contribution in [2.24, 2.45) is 0 Å². The van der Waals surface area contributed by atoms with Gasteiger partial charge in [0, 0.05) is 24.7 Å². The zero-order valence-corrected chi connectivity index (χ0v) is 13.9. The number of nitro groups is 1. The van der Waals surface area contributed by atoms with Crippen LogP contribution in [0, 0.1) is 17.0 Å². The van der Waals surface area contributed by atoms with Crippen molar-refractivity contribution in [2.75, 3.05) is 23.3 Å². The number of phenols is 1. The van der Waals surface area contributed by atoms with Gasteiger partial charge < -0.3 is 15.3 Å². The second kappa shape index (κ2) is 6.80. The van der Waals surface area contributed by atoms with E-state index < -0.39 is 10.8 Å². The molecule has 1 amide bonds. The lowest BCUT2D eigenvalue weighted by atomic mass is 10.1. The van der Waals surface area contributed by atoms with Crippen molar-refractivity contribution < 1.29 is 14.8 Å². The molecule has 0 saturated carbocycles. The molecule has 1 fully saturated rings. The molecule has 7 nitrogen and oxygen atoms in total. The minimum Gasteiger partial charge on any atom is -0.506 e. The maximum atomic E-state index is 12.4. The smallest absolute Gasteiger partial charge is 0.293 e. The summed E-state index contributed by atoms with van der Waals surface area (Å²) < 4.78 is 0. The molecule has 0 aliphatic carbocycles. The van der Waals surface area contributed by atoms with E-state index in [0.717, 1.165) is 31.5 Å². The number of benzene rings is 2. The first-order valence-electron chi connectivity index (χ1n) is 8.10. The molecule has 2 aromatic carbocycles. The molecule has 0 radical (unpaired) electrons. The first kappa shape index (κ1) is 16.8. The highest BCUT2D eigenvalue weighted by molar-refractivity contribution is 6.05. The summed E-state index contributed by atoms with van der Waals surface area (Å²) in [6, 6.07) is 9.36. The van der Waals surface area contributed by atoms with Crippen LogP contribution in [0.4, 0.5) is 17.1 Å². The predicted octanol–water partition coefficient (Wildman–Crippen LogP) is 3.46. The summed E-state index contributed by atoms with van der Waals surface area (Å²) in [5.74, 6) is -0.549. The number of nitro benzene ring substituents is 1. The number of rotatable bonds is 4. The van der Waals surface area contributed by atoms with Crippen LogP contribution in [0.25, 0.3) is 0 Å². The van der Waals surface area contributed by atoms with Gasteiger partial charge in [0.25, 0.3) is 11.6 Å². The fourth-order valence-electron chi connectivity index (χ4n) is 2.98. The third kappa shape index (κ3) is 3.55. The largest absolute Gasteiger partial charge is 0.506 e. The van der Waals surface area contributed by atoms with E-state index in [-0.39, 0.29) is 22.7 Å². The SMILES string of the molecule is Cc1ccc(NC(=O)c2ccc(N3CCCC3)c([N+](=O)[O-])c2)c(O)c1. The summed E-state index contributed by atoms with van der Waals surface area (Å²) in [4.78, 5) is 25.3.